The largest absolute Gasteiger partial charge is 0.469 e. The number of aromatic nitrogens is 2. The standard InChI is InChI=1S/C27H28N4O3/c1-19-4-3-5-22(12-19)14-27(26(33)34-2)10-11-31(25(32)24-16-29-18-30-24)17-23(27)13-20-6-8-21(15-28)9-7-20/h3-9,12,16,18,23H,10-11,13-14,17H2,1-2H3,(H,29,30). The second-order valence-electron chi connectivity index (χ2n) is 8.99. The first-order valence-electron chi connectivity index (χ1n) is 11.4. The molecule has 2 unspecified atom stereocenters. The van der Waals surface area contributed by atoms with Crippen LogP contribution in [0.5, 0.6) is 0 Å². The Morgan fingerprint density at radius 1 is 1.24 bits per heavy atom. The topological polar surface area (TPSA) is 99.1 Å². The third-order valence-corrected chi connectivity index (χ3v) is 6.83. The molecule has 1 aliphatic heterocycles. The summed E-state index contributed by atoms with van der Waals surface area (Å²) in [5.74, 6) is -0.549. The molecule has 1 fully saturated rings. The number of likely N-dealkylation sites (tertiary alicyclic amines) is 1. The molecule has 0 aliphatic carbocycles. The van der Waals surface area contributed by atoms with Gasteiger partial charge < -0.3 is 14.6 Å². The molecule has 174 valence electrons. The van der Waals surface area contributed by atoms with Crippen LogP contribution in [0.15, 0.2) is 61.1 Å². The number of nitriles is 1. The third-order valence-electron chi connectivity index (χ3n) is 6.83. The number of ether oxygens (including phenoxy) is 1. The normalized spacial score (nSPS) is 19.9. The SMILES string of the molecule is COC(=O)C1(Cc2cccc(C)c2)CCN(C(=O)c2cnc[nH]2)CC1Cc1ccc(C#N)cc1. The minimum Gasteiger partial charge on any atom is -0.469 e. The number of piperidine rings is 1. The van der Waals surface area contributed by atoms with Gasteiger partial charge in [0.1, 0.15) is 5.69 Å². The van der Waals surface area contributed by atoms with E-state index in [0.29, 0.717) is 43.6 Å². The molecule has 0 saturated carbocycles. The van der Waals surface area contributed by atoms with Crippen LogP contribution < -0.4 is 0 Å². The number of aryl methyl sites for hydroxylation is 1. The molecule has 1 N–H and O–H groups in total. The van der Waals surface area contributed by atoms with E-state index in [1.54, 1.807) is 17.0 Å². The van der Waals surface area contributed by atoms with Gasteiger partial charge in [-0.05, 0) is 55.4 Å². The fourth-order valence-electron chi connectivity index (χ4n) is 5.02. The van der Waals surface area contributed by atoms with Crippen LogP contribution in [0.25, 0.3) is 0 Å². The van der Waals surface area contributed by atoms with Gasteiger partial charge in [0.05, 0.1) is 36.7 Å². The first-order valence-corrected chi connectivity index (χ1v) is 11.4. The average Bonchev–Trinajstić information content (AvgIpc) is 3.40. The maximum absolute atomic E-state index is 13.4. The predicted octanol–water partition coefficient (Wildman–Crippen LogP) is 3.70. The van der Waals surface area contributed by atoms with E-state index < -0.39 is 5.41 Å². The van der Waals surface area contributed by atoms with Crippen LogP contribution in [0, 0.1) is 29.6 Å². The molecule has 0 spiro atoms. The minimum absolute atomic E-state index is 0.128. The lowest BCUT2D eigenvalue weighted by Gasteiger charge is -2.46. The highest BCUT2D eigenvalue weighted by Crippen LogP contribution is 2.43. The number of benzene rings is 2. The van der Waals surface area contributed by atoms with Crippen LogP contribution in [0.1, 0.15) is 39.2 Å². The number of hydrogen-bond donors (Lipinski definition) is 1. The lowest BCUT2D eigenvalue weighted by atomic mass is 9.64. The summed E-state index contributed by atoms with van der Waals surface area (Å²) in [5, 5.41) is 9.15. The first-order chi connectivity index (χ1) is 16.4. The predicted molar refractivity (Wildman–Crippen MR) is 127 cm³/mol. The van der Waals surface area contributed by atoms with Crippen molar-refractivity contribution in [1.29, 1.82) is 5.26 Å². The van der Waals surface area contributed by atoms with E-state index in [0.717, 1.165) is 16.7 Å². The monoisotopic (exact) mass is 456 g/mol. The number of carbonyl (C=O) groups excluding carboxylic acids is 2. The number of aromatic amines is 1. The van der Waals surface area contributed by atoms with E-state index in [4.69, 9.17) is 10.00 Å². The lowest BCUT2D eigenvalue weighted by Crippen LogP contribution is -2.55. The number of nitrogens with one attached hydrogen (secondary N) is 1. The van der Waals surface area contributed by atoms with Gasteiger partial charge in [-0.2, -0.15) is 5.26 Å². The van der Waals surface area contributed by atoms with E-state index in [2.05, 4.69) is 22.1 Å². The number of hydrogen-bond acceptors (Lipinski definition) is 5. The van der Waals surface area contributed by atoms with Crippen molar-refractivity contribution in [1.82, 2.24) is 14.9 Å². The number of rotatable bonds is 6. The smallest absolute Gasteiger partial charge is 0.312 e. The summed E-state index contributed by atoms with van der Waals surface area (Å²) in [6.45, 7) is 2.90. The molecule has 2 heterocycles. The van der Waals surface area contributed by atoms with E-state index in [1.165, 1.54) is 19.6 Å². The van der Waals surface area contributed by atoms with Crippen molar-refractivity contribution in [3.8, 4) is 6.07 Å². The number of imidazole rings is 1. The zero-order valence-corrected chi connectivity index (χ0v) is 19.5. The summed E-state index contributed by atoms with van der Waals surface area (Å²) >= 11 is 0. The summed E-state index contributed by atoms with van der Waals surface area (Å²) < 4.78 is 5.37. The first kappa shape index (κ1) is 23.2. The molecule has 7 nitrogen and oxygen atoms in total. The lowest BCUT2D eigenvalue weighted by molar-refractivity contribution is -0.160. The fourth-order valence-corrected chi connectivity index (χ4v) is 5.02. The van der Waals surface area contributed by atoms with Gasteiger partial charge in [-0.15, -0.1) is 0 Å². The van der Waals surface area contributed by atoms with Crippen LogP contribution in [0.4, 0.5) is 0 Å². The molecule has 7 heteroatoms. The van der Waals surface area contributed by atoms with E-state index in [1.807, 2.05) is 37.3 Å². The molecular weight excluding hydrogens is 428 g/mol. The number of amides is 1. The van der Waals surface area contributed by atoms with Gasteiger partial charge >= 0.3 is 5.97 Å². The van der Waals surface area contributed by atoms with Crippen LogP contribution in [-0.4, -0.2) is 46.9 Å². The molecule has 3 aromatic rings. The molecule has 2 atom stereocenters. The minimum atomic E-state index is -0.777. The third kappa shape index (κ3) is 4.72. The Bertz CT molecular complexity index is 1200. The summed E-state index contributed by atoms with van der Waals surface area (Å²) in [5.41, 5.74) is 3.46. The number of carbonyl (C=O) groups is 2. The van der Waals surface area contributed by atoms with Crippen LogP contribution >= 0.6 is 0 Å². The zero-order chi connectivity index (χ0) is 24.1. The molecule has 4 rings (SSSR count). The van der Waals surface area contributed by atoms with Crippen LogP contribution in [0.2, 0.25) is 0 Å². The molecule has 34 heavy (non-hydrogen) atoms. The highest BCUT2D eigenvalue weighted by atomic mass is 16.5. The van der Waals surface area contributed by atoms with Gasteiger partial charge in [-0.25, -0.2) is 4.98 Å². The summed E-state index contributed by atoms with van der Waals surface area (Å²) in [4.78, 5) is 35.1. The highest BCUT2D eigenvalue weighted by Gasteiger charge is 2.50. The van der Waals surface area contributed by atoms with Gasteiger partial charge in [0.2, 0.25) is 0 Å². The summed E-state index contributed by atoms with van der Waals surface area (Å²) in [7, 11) is 1.43. The van der Waals surface area contributed by atoms with Crippen molar-refractivity contribution in [2.45, 2.75) is 26.2 Å². The Balaban J connectivity index is 1.70. The van der Waals surface area contributed by atoms with Crippen molar-refractivity contribution < 1.29 is 14.3 Å². The molecule has 1 aromatic heterocycles. The van der Waals surface area contributed by atoms with Crippen molar-refractivity contribution in [3.05, 3.63) is 89.0 Å². The van der Waals surface area contributed by atoms with E-state index in [9.17, 15) is 9.59 Å². The Kier molecular flexibility index (Phi) is 6.78. The van der Waals surface area contributed by atoms with Gasteiger partial charge in [-0.1, -0.05) is 42.0 Å². The quantitative estimate of drug-likeness (QED) is 0.570. The zero-order valence-electron chi connectivity index (χ0n) is 19.5. The Labute approximate surface area is 199 Å². The van der Waals surface area contributed by atoms with Crippen LogP contribution in [-0.2, 0) is 22.4 Å². The van der Waals surface area contributed by atoms with E-state index in [-0.39, 0.29) is 17.8 Å². The van der Waals surface area contributed by atoms with Crippen LogP contribution in [0.3, 0.4) is 0 Å². The molecular formula is C27H28N4O3. The van der Waals surface area contributed by atoms with Gasteiger partial charge in [0.15, 0.2) is 0 Å². The number of nitrogens with zero attached hydrogens (tertiary/aromatic N) is 3. The highest BCUT2D eigenvalue weighted by molar-refractivity contribution is 5.92. The maximum atomic E-state index is 13.4. The average molecular weight is 457 g/mol. The van der Waals surface area contributed by atoms with E-state index >= 15 is 0 Å². The van der Waals surface area contributed by atoms with Gasteiger partial charge in [0, 0.05) is 13.1 Å². The van der Waals surface area contributed by atoms with Crippen molar-refractivity contribution in [3.63, 3.8) is 0 Å². The van der Waals surface area contributed by atoms with Crippen molar-refractivity contribution >= 4 is 11.9 Å². The maximum Gasteiger partial charge on any atom is 0.312 e. The Morgan fingerprint density at radius 3 is 2.68 bits per heavy atom. The van der Waals surface area contributed by atoms with Gasteiger partial charge in [0.25, 0.3) is 5.91 Å². The molecule has 0 bridgehead atoms. The van der Waals surface area contributed by atoms with Crippen molar-refractivity contribution in [2.24, 2.45) is 11.3 Å². The number of esters is 1. The molecule has 1 aliphatic rings. The second kappa shape index (κ2) is 9.92. The molecule has 0 radical (unpaired) electrons. The Hall–Kier alpha value is -3.92. The second-order valence-corrected chi connectivity index (χ2v) is 8.99. The van der Waals surface area contributed by atoms with Gasteiger partial charge in [-0.3, -0.25) is 9.59 Å². The number of H-pyrrole nitrogens is 1. The summed E-state index contributed by atoms with van der Waals surface area (Å²) in [6, 6.07) is 17.7. The molecule has 2 aromatic carbocycles. The Morgan fingerprint density at radius 2 is 2.03 bits per heavy atom. The summed E-state index contributed by atoms with van der Waals surface area (Å²) in [6.07, 6.45) is 4.62. The fraction of sp³-hybridized carbons (Fsp3) is 0.333. The molecule has 1 amide bonds. The number of methoxy groups -OCH3 is 1. The van der Waals surface area contributed by atoms with Crippen molar-refractivity contribution in [2.75, 3.05) is 20.2 Å². The molecule has 1 saturated heterocycles.